The number of fused-ring (bicyclic) bond motifs is 1. The minimum Gasteiger partial charge on any atom is -0.469 e. The Morgan fingerprint density at radius 2 is 1.92 bits per heavy atom. The molecule has 2 saturated carbocycles. The summed E-state index contributed by atoms with van der Waals surface area (Å²) >= 11 is 0. The molecule has 0 radical (unpaired) electrons. The molecule has 26 heavy (non-hydrogen) atoms. The lowest BCUT2D eigenvalue weighted by Crippen LogP contribution is -2.44. The summed E-state index contributed by atoms with van der Waals surface area (Å²) in [4.78, 5) is 35.2. The van der Waals surface area contributed by atoms with Crippen LogP contribution in [0.1, 0.15) is 19.8 Å². The SMILES string of the molecule is C=C(C)C(=O)NCC(=O)OC1C2CC3C1OS(=O)(=O)C3C2CC(=O)OC. The van der Waals surface area contributed by atoms with Crippen LogP contribution in [0.4, 0.5) is 0 Å². The van der Waals surface area contributed by atoms with Crippen LogP contribution in [0.15, 0.2) is 12.2 Å². The van der Waals surface area contributed by atoms with E-state index < -0.39 is 51.3 Å². The Balaban J connectivity index is 1.71. The first-order chi connectivity index (χ1) is 12.2. The van der Waals surface area contributed by atoms with E-state index in [2.05, 4.69) is 16.6 Å². The molecular weight excluding hydrogens is 366 g/mol. The standard InChI is InChI=1S/C16H21NO8S/c1-7(2)16(20)17-6-12(19)24-13-8-4-10-14(13)25-26(21,22)15(10)9(8)5-11(18)23-3/h8-10,13-15H,1,4-6H2,2-3H3,(H,17,20). The van der Waals surface area contributed by atoms with Gasteiger partial charge in [-0.3, -0.25) is 18.6 Å². The zero-order chi connectivity index (χ0) is 19.2. The van der Waals surface area contributed by atoms with Gasteiger partial charge >= 0.3 is 11.9 Å². The third-order valence-corrected chi connectivity index (χ3v) is 7.22. The molecule has 1 saturated heterocycles. The Morgan fingerprint density at radius 3 is 2.54 bits per heavy atom. The summed E-state index contributed by atoms with van der Waals surface area (Å²) in [7, 11) is -2.58. The van der Waals surface area contributed by atoms with Crippen LogP contribution in [0.25, 0.3) is 0 Å². The van der Waals surface area contributed by atoms with Gasteiger partial charge in [0.1, 0.15) is 18.8 Å². The fraction of sp³-hybridized carbons (Fsp3) is 0.688. The quantitative estimate of drug-likeness (QED) is 0.368. The summed E-state index contributed by atoms with van der Waals surface area (Å²) in [6, 6.07) is 0. The average Bonchev–Trinajstić information content (AvgIpc) is 3.15. The Hall–Kier alpha value is -1.94. The molecule has 0 aromatic carbocycles. The lowest BCUT2D eigenvalue weighted by atomic mass is 9.82. The molecule has 0 spiro atoms. The highest BCUT2D eigenvalue weighted by atomic mass is 32.2. The Labute approximate surface area is 151 Å². The molecule has 1 amide bonds. The first-order valence-electron chi connectivity index (χ1n) is 8.27. The van der Waals surface area contributed by atoms with Gasteiger partial charge in [0.2, 0.25) is 5.91 Å². The summed E-state index contributed by atoms with van der Waals surface area (Å²) in [6.45, 7) is 4.61. The molecule has 1 heterocycles. The highest BCUT2D eigenvalue weighted by molar-refractivity contribution is 7.87. The van der Waals surface area contributed by atoms with Crippen molar-refractivity contribution in [1.82, 2.24) is 5.32 Å². The van der Waals surface area contributed by atoms with Gasteiger partial charge in [0.05, 0.1) is 18.8 Å². The topological polar surface area (TPSA) is 125 Å². The molecule has 6 unspecified atom stereocenters. The van der Waals surface area contributed by atoms with E-state index in [1.165, 1.54) is 14.0 Å². The maximum Gasteiger partial charge on any atom is 0.325 e. The molecule has 3 rings (SSSR count). The van der Waals surface area contributed by atoms with Gasteiger partial charge < -0.3 is 14.8 Å². The minimum absolute atomic E-state index is 0.0713. The first kappa shape index (κ1) is 18.8. The van der Waals surface area contributed by atoms with Crippen molar-refractivity contribution < 1.29 is 36.5 Å². The minimum atomic E-state index is -3.82. The normalized spacial score (nSPS) is 35.8. The van der Waals surface area contributed by atoms with E-state index in [-0.39, 0.29) is 30.4 Å². The summed E-state index contributed by atoms with van der Waals surface area (Å²) in [6.07, 6.45) is -1.06. The molecule has 1 N–H and O–H groups in total. The number of hydrogen-bond donors (Lipinski definition) is 1. The third kappa shape index (κ3) is 3.11. The van der Waals surface area contributed by atoms with Crippen molar-refractivity contribution in [3.05, 3.63) is 12.2 Å². The molecule has 2 bridgehead atoms. The largest absolute Gasteiger partial charge is 0.469 e. The fourth-order valence-corrected chi connectivity index (χ4v) is 6.45. The van der Waals surface area contributed by atoms with Crippen molar-refractivity contribution >= 4 is 28.0 Å². The van der Waals surface area contributed by atoms with Gasteiger partial charge in [-0.25, -0.2) is 0 Å². The summed E-state index contributed by atoms with van der Waals surface area (Å²) in [5, 5.41) is 1.60. The van der Waals surface area contributed by atoms with Gasteiger partial charge in [0.25, 0.3) is 10.1 Å². The van der Waals surface area contributed by atoms with Crippen LogP contribution in [0.3, 0.4) is 0 Å². The van der Waals surface area contributed by atoms with Crippen LogP contribution < -0.4 is 5.32 Å². The number of nitrogens with one attached hydrogen (secondary N) is 1. The second kappa shape index (κ2) is 6.66. The number of rotatable bonds is 6. The smallest absolute Gasteiger partial charge is 0.325 e. The predicted molar refractivity (Wildman–Crippen MR) is 87.0 cm³/mol. The van der Waals surface area contributed by atoms with E-state index in [0.717, 1.165) is 0 Å². The number of hydrogen-bond acceptors (Lipinski definition) is 8. The molecule has 2 aliphatic carbocycles. The van der Waals surface area contributed by atoms with Crippen LogP contribution in [0.2, 0.25) is 0 Å². The molecular formula is C16H21NO8S. The van der Waals surface area contributed by atoms with E-state index in [9.17, 15) is 22.8 Å². The van der Waals surface area contributed by atoms with Gasteiger partial charge in [-0.1, -0.05) is 6.58 Å². The Bertz CT molecular complexity index is 760. The van der Waals surface area contributed by atoms with E-state index in [1.54, 1.807) is 0 Å². The van der Waals surface area contributed by atoms with E-state index in [0.29, 0.717) is 6.42 Å². The molecule has 3 aliphatic rings. The Morgan fingerprint density at radius 1 is 1.23 bits per heavy atom. The number of methoxy groups -OCH3 is 1. The highest BCUT2D eigenvalue weighted by Crippen LogP contribution is 2.59. The number of carbonyl (C=O) groups excluding carboxylic acids is 3. The summed E-state index contributed by atoms with van der Waals surface area (Å²) in [5.41, 5.74) is 0.254. The predicted octanol–water partition coefficient (Wildman–Crippen LogP) is -0.483. The fourth-order valence-electron chi connectivity index (χ4n) is 4.34. The average molecular weight is 387 g/mol. The van der Waals surface area contributed by atoms with Crippen LogP contribution in [0, 0.1) is 17.8 Å². The lowest BCUT2D eigenvalue weighted by Gasteiger charge is -2.30. The third-order valence-electron chi connectivity index (χ3n) is 5.36. The molecule has 144 valence electrons. The molecule has 0 aromatic rings. The summed E-state index contributed by atoms with van der Waals surface area (Å²) in [5.74, 6) is -2.80. The Kier molecular flexibility index (Phi) is 4.82. The second-order valence-corrected chi connectivity index (χ2v) is 8.67. The number of esters is 2. The van der Waals surface area contributed by atoms with Crippen molar-refractivity contribution in [2.75, 3.05) is 13.7 Å². The maximum absolute atomic E-state index is 12.3. The molecule has 0 aromatic heterocycles. The van der Waals surface area contributed by atoms with Crippen molar-refractivity contribution in [2.24, 2.45) is 17.8 Å². The van der Waals surface area contributed by atoms with Gasteiger partial charge in [0, 0.05) is 17.4 Å². The first-order valence-corrected chi connectivity index (χ1v) is 9.75. The van der Waals surface area contributed by atoms with Gasteiger partial charge in [-0.05, 0) is 19.3 Å². The molecule has 3 fully saturated rings. The summed E-state index contributed by atoms with van der Waals surface area (Å²) < 4.78 is 39.9. The number of ether oxygens (including phenoxy) is 2. The molecule has 10 heteroatoms. The number of amides is 1. The van der Waals surface area contributed by atoms with Crippen molar-refractivity contribution in [1.29, 1.82) is 0 Å². The van der Waals surface area contributed by atoms with Gasteiger partial charge in [-0.2, -0.15) is 8.42 Å². The van der Waals surface area contributed by atoms with Crippen molar-refractivity contribution in [2.45, 2.75) is 37.2 Å². The van der Waals surface area contributed by atoms with Crippen LogP contribution in [-0.2, 0) is 38.2 Å². The van der Waals surface area contributed by atoms with E-state index >= 15 is 0 Å². The lowest BCUT2D eigenvalue weighted by molar-refractivity contribution is -0.157. The van der Waals surface area contributed by atoms with Gasteiger partial charge in [-0.15, -0.1) is 0 Å². The molecule has 6 atom stereocenters. The number of carbonyl (C=O) groups is 3. The monoisotopic (exact) mass is 387 g/mol. The highest BCUT2D eigenvalue weighted by Gasteiger charge is 2.70. The van der Waals surface area contributed by atoms with E-state index in [4.69, 9.17) is 8.92 Å². The van der Waals surface area contributed by atoms with Crippen LogP contribution in [-0.4, -0.2) is 57.4 Å². The van der Waals surface area contributed by atoms with Crippen molar-refractivity contribution in [3.63, 3.8) is 0 Å². The molecule has 9 nitrogen and oxygen atoms in total. The van der Waals surface area contributed by atoms with Crippen LogP contribution in [0.5, 0.6) is 0 Å². The van der Waals surface area contributed by atoms with Gasteiger partial charge in [0.15, 0.2) is 0 Å². The van der Waals surface area contributed by atoms with Crippen molar-refractivity contribution in [3.8, 4) is 0 Å². The maximum atomic E-state index is 12.3. The second-order valence-electron chi connectivity index (χ2n) is 6.94. The zero-order valence-electron chi connectivity index (χ0n) is 14.5. The zero-order valence-corrected chi connectivity index (χ0v) is 15.3. The van der Waals surface area contributed by atoms with Crippen LogP contribution >= 0.6 is 0 Å². The molecule has 1 aliphatic heterocycles. The van der Waals surface area contributed by atoms with E-state index in [1.807, 2.05) is 0 Å².